The first-order valence-corrected chi connectivity index (χ1v) is 10.7. The lowest BCUT2D eigenvalue weighted by Gasteiger charge is -2.21. The quantitative estimate of drug-likeness (QED) is 0.780. The molecule has 0 aliphatic carbocycles. The van der Waals surface area contributed by atoms with Gasteiger partial charge in [0.25, 0.3) is 0 Å². The number of aromatic nitrogens is 2. The topological polar surface area (TPSA) is 75.5 Å². The Morgan fingerprint density at radius 3 is 2.44 bits per heavy atom. The van der Waals surface area contributed by atoms with Crippen LogP contribution in [-0.2, 0) is 27.8 Å². The van der Waals surface area contributed by atoms with Crippen molar-refractivity contribution in [1.82, 2.24) is 19.0 Å². The second-order valence-corrected chi connectivity index (χ2v) is 9.28. The number of rotatable bonds is 5. The van der Waals surface area contributed by atoms with Crippen LogP contribution >= 0.6 is 0 Å². The van der Waals surface area contributed by atoms with E-state index in [0.717, 1.165) is 23.5 Å². The van der Waals surface area contributed by atoms with Crippen molar-refractivity contribution < 1.29 is 13.2 Å². The lowest BCUT2D eigenvalue weighted by Crippen LogP contribution is -2.37. The van der Waals surface area contributed by atoms with Crippen LogP contribution in [0.15, 0.2) is 0 Å². The first-order chi connectivity index (χ1) is 11.6. The Kier molecular flexibility index (Phi) is 6.26. The molecule has 0 bridgehead atoms. The molecule has 0 aromatic carbocycles. The highest BCUT2D eigenvalue weighted by atomic mass is 32.2. The van der Waals surface area contributed by atoms with E-state index in [2.05, 4.69) is 18.9 Å². The van der Waals surface area contributed by atoms with E-state index >= 15 is 0 Å². The number of nitrogens with zero attached hydrogens (tertiary/aromatic N) is 4. The van der Waals surface area contributed by atoms with E-state index in [1.165, 1.54) is 10.6 Å². The van der Waals surface area contributed by atoms with Gasteiger partial charge in [0, 0.05) is 44.0 Å². The maximum absolute atomic E-state index is 12.7. The Morgan fingerprint density at radius 2 is 1.84 bits per heavy atom. The monoisotopic (exact) mass is 370 g/mol. The fraction of sp³-hybridized carbons (Fsp3) is 0.765. The Labute approximate surface area is 151 Å². The smallest absolute Gasteiger partial charge is 0.227 e. The standard InChI is InChI=1S/C17H30N4O3S/c1-13(2)12-21-15(4)16(14(3)18-21)11-17(22)19-7-6-8-20(10-9-19)25(5,23)24/h13H,6-12H2,1-5H3. The van der Waals surface area contributed by atoms with Gasteiger partial charge in [0.05, 0.1) is 18.4 Å². The summed E-state index contributed by atoms with van der Waals surface area (Å²) in [6.07, 6.45) is 2.22. The predicted octanol–water partition coefficient (Wildman–Crippen LogP) is 1.19. The minimum Gasteiger partial charge on any atom is -0.341 e. The van der Waals surface area contributed by atoms with Crippen molar-refractivity contribution in [2.45, 2.75) is 47.1 Å². The summed E-state index contributed by atoms with van der Waals surface area (Å²) in [5.74, 6) is 0.541. The van der Waals surface area contributed by atoms with Crippen LogP contribution in [0.1, 0.15) is 37.2 Å². The molecule has 1 aromatic rings. The average molecular weight is 371 g/mol. The second-order valence-electron chi connectivity index (χ2n) is 7.30. The molecule has 0 saturated carbocycles. The lowest BCUT2D eigenvalue weighted by atomic mass is 10.1. The molecule has 1 saturated heterocycles. The molecular formula is C17H30N4O3S. The van der Waals surface area contributed by atoms with Crippen LogP contribution in [0.5, 0.6) is 0 Å². The molecule has 7 nitrogen and oxygen atoms in total. The molecule has 1 aliphatic rings. The van der Waals surface area contributed by atoms with Crippen molar-refractivity contribution in [1.29, 1.82) is 0 Å². The highest BCUT2D eigenvalue weighted by Crippen LogP contribution is 2.17. The van der Waals surface area contributed by atoms with Crippen molar-refractivity contribution in [3.63, 3.8) is 0 Å². The Balaban J connectivity index is 2.06. The van der Waals surface area contributed by atoms with Crippen LogP contribution in [0.25, 0.3) is 0 Å². The zero-order valence-corrected chi connectivity index (χ0v) is 16.8. The Bertz CT molecular complexity index is 724. The van der Waals surface area contributed by atoms with Crippen LogP contribution in [0.4, 0.5) is 0 Å². The fourth-order valence-corrected chi connectivity index (χ4v) is 4.13. The van der Waals surface area contributed by atoms with E-state index in [1.54, 1.807) is 4.90 Å². The number of sulfonamides is 1. The first kappa shape index (κ1) is 19.9. The van der Waals surface area contributed by atoms with Gasteiger partial charge in [-0.05, 0) is 26.2 Å². The van der Waals surface area contributed by atoms with Gasteiger partial charge in [-0.15, -0.1) is 0 Å². The van der Waals surface area contributed by atoms with Gasteiger partial charge in [0.1, 0.15) is 0 Å². The second kappa shape index (κ2) is 7.86. The molecule has 2 rings (SSSR count). The maximum Gasteiger partial charge on any atom is 0.227 e. The van der Waals surface area contributed by atoms with Crippen molar-refractivity contribution in [3.05, 3.63) is 17.0 Å². The zero-order valence-electron chi connectivity index (χ0n) is 15.9. The third-order valence-electron chi connectivity index (χ3n) is 4.67. The van der Waals surface area contributed by atoms with Gasteiger partial charge >= 0.3 is 0 Å². The van der Waals surface area contributed by atoms with E-state index in [1.807, 2.05) is 18.5 Å². The van der Waals surface area contributed by atoms with Crippen LogP contribution in [0.3, 0.4) is 0 Å². The average Bonchev–Trinajstić information content (AvgIpc) is 2.71. The van der Waals surface area contributed by atoms with Gasteiger partial charge in [0.15, 0.2) is 0 Å². The molecule has 0 N–H and O–H groups in total. The van der Waals surface area contributed by atoms with Crippen LogP contribution in [-0.4, -0.2) is 65.7 Å². The van der Waals surface area contributed by atoms with E-state index in [9.17, 15) is 13.2 Å². The highest BCUT2D eigenvalue weighted by Gasteiger charge is 2.25. The number of hydrogen-bond acceptors (Lipinski definition) is 4. The van der Waals surface area contributed by atoms with Crippen LogP contribution in [0.2, 0.25) is 0 Å². The molecule has 8 heteroatoms. The molecule has 2 heterocycles. The summed E-state index contributed by atoms with van der Waals surface area (Å²) < 4.78 is 26.8. The summed E-state index contributed by atoms with van der Waals surface area (Å²) in [5, 5.41) is 4.57. The first-order valence-electron chi connectivity index (χ1n) is 8.85. The van der Waals surface area contributed by atoms with Gasteiger partial charge in [0.2, 0.25) is 15.9 Å². The minimum absolute atomic E-state index is 0.0469. The zero-order chi connectivity index (χ0) is 18.8. The van der Waals surface area contributed by atoms with Gasteiger partial charge < -0.3 is 4.90 Å². The third-order valence-corrected chi connectivity index (χ3v) is 5.98. The number of carbonyl (C=O) groups is 1. The molecule has 0 atom stereocenters. The molecule has 1 aromatic heterocycles. The van der Waals surface area contributed by atoms with Crippen molar-refractivity contribution in [2.75, 3.05) is 32.4 Å². The molecule has 0 unspecified atom stereocenters. The van der Waals surface area contributed by atoms with E-state index in [-0.39, 0.29) is 5.91 Å². The summed E-state index contributed by atoms with van der Waals surface area (Å²) in [7, 11) is -3.20. The van der Waals surface area contributed by atoms with Crippen LogP contribution < -0.4 is 0 Å². The van der Waals surface area contributed by atoms with E-state index < -0.39 is 10.0 Å². The summed E-state index contributed by atoms with van der Waals surface area (Å²) >= 11 is 0. The summed E-state index contributed by atoms with van der Waals surface area (Å²) in [4.78, 5) is 14.5. The third kappa shape index (κ3) is 5.04. The molecule has 0 radical (unpaired) electrons. The van der Waals surface area contributed by atoms with E-state index in [4.69, 9.17) is 0 Å². The minimum atomic E-state index is -3.20. The molecule has 1 aliphatic heterocycles. The lowest BCUT2D eigenvalue weighted by molar-refractivity contribution is -0.130. The van der Waals surface area contributed by atoms with E-state index in [0.29, 0.717) is 44.9 Å². The summed E-state index contributed by atoms with van der Waals surface area (Å²) in [6, 6.07) is 0. The predicted molar refractivity (Wildman–Crippen MR) is 97.9 cm³/mol. The van der Waals surface area contributed by atoms with Crippen molar-refractivity contribution in [3.8, 4) is 0 Å². The Hall–Kier alpha value is -1.41. The van der Waals surface area contributed by atoms with Crippen molar-refractivity contribution in [2.24, 2.45) is 5.92 Å². The number of hydrogen-bond donors (Lipinski definition) is 0. The summed E-state index contributed by atoms with van der Waals surface area (Å²) in [5.41, 5.74) is 2.95. The van der Waals surface area contributed by atoms with Crippen LogP contribution in [0, 0.1) is 19.8 Å². The van der Waals surface area contributed by atoms with Gasteiger partial charge in [-0.25, -0.2) is 12.7 Å². The molecule has 0 spiro atoms. The molecular weight excluding hydrogens is 340 g/mol. The normalized spacial score (nSPS) is 17.1. The number of carbonyl (C=O) groups excluding carboxylic acids is 1. The number of aryl methyl sites for hydroxylation is 1. The van der Waals surface area contributed by atoms with Gasteiger partial charge in [-0.3, -0.25) is 9.48 Å². The Morgan fingerprint density at radius 1 is 1.16 bits per heavy atom. The van der Waals surface area contributed by atoms with Gasteiger partial charge in [-0.1, -0.05) is 13.8 Å². The largest absolute Gasteiger partial charge is 0.341 e. The SMILES string of the molecule is Cc1nn(CC(C)C)c(C)c1CC(=O)N1CCCN(S(C)(=O)=O)CC1. The highest BCUT2D eigenvalue weighted by molar-refractivity contribution is 7.88. The molecule has 1 fully saturated rings. The van der Waals surface area contributed by atoms with Crippen molar-refractivity contribution >= 4 is 15.9 Å². The fourth-order valence-electron chi connectivity index (χ4n) is 3.25. The van der Waals surface area contributed by atoms with Gasteiger partial charge in [-0.2, -0.15) is 5.10 Å². The molecule has 142 valence electrons. The maximum atomic E-state index is 12.7. The summed E-state index contributed by atoms with van der Waals surface area (Å²) in [6.45, 7) is 11.0. The molecule has 25 heavy (non-hydrogen) atoms. The molecule has 1 amide bonds. The number of amides is 1.